The fourth-order valence-corrected chi connectivity index (χ4v) is 6.42. The first-order valence-corrected chi connectivity index (χ1v) is 16.1. The number of ether oxygens (including phenoxy) is 1. The van der Waals surface area contributed by atoms with Gasteiger partial charge in [-0.15, -0.1) is 0 Å². The SMILES string of the molecule is COc1nc(-c2cccc(-c3cccc(-c4ccn5c(=O)c(CNCC(F)F)cnc5c4)c3Cl)c2Cl)ccc1CNC[C@H]1CCC(=O)N1. The van der Waals surface area contributed by atoms with Gasteiger partial charge in [-0.2, -0.15) is 0 Å². The Kier molecular flexibility index (Phi) is 10.3. The summed E-state index contributed by atoms with van der Waals surface area (Å²) in [4.78, 5) is 33.6. The molecule has 1 aliphatic heterocycles. The van der Waals surface area contributed by atoms with Gasteiger partial charge in [0.15, 0.2) is 0 Å². The van der Waals surface area contributed by atoms with E-state index in [9.17, 15) is 18.4 Å². The second-order valence-corrected chi connectivity index (χ2v) is 12.1. The molecule has 48 heavy (non-hydrogen) atoms. The number of amides is 1. The average Bonchev–Trinajstić information content (AvgIpc) is 3.50. The first-order chi connectivity index (χ1) is 23.2. The lowest BCUT2D eigenvalue weighted by Gasteiger charge is -2.16. The van der Waals surface area contributed by atoms with Crippen molar-refractivity contribution in [3.8, 4) is 39.4 Å². The van der Waals surface area contributed by atoms with Crippen LogP contribution in [-0.4, -0.2) is 52.9 Å². The summed E-state index contributed by atoms with van der Waals surface area (Å²) in [6.45, 7) is 0.655. The zero-order chi connectivity index (χ0) is 33.8. The van der Waals surface area contributed by atoms with Crippen LogP contribution in [-0.2, 0) is 17.9 Å². The van der Waals surface area contributed by atoms with E-state index in [0.717, 1.165) is 17.5 Å². The van der Waals surface area contributed by atoms with Gasteiger partial charge in [-0.3, -0.25) is 14.0 Å². The highest BCUT2D eigenvalue weighted by Crippen LogP contribution is 2.42. The van der Waals surface area contributed by atoms with E-state index in [-0.39, 0.29) is 29.6 Å². The molecule has 5 aromatic rings. The Morgan fingerprint density at radius 2 is 1.67 bits per heavy atom. The van der Waals surface area contributed by atoms with Gasteiger partial charge >= 0.3 is 0 Å². The summed E-state index contributed by atoms with van der Waals surface area (Å²) in [5.74, 6) is 0.552. The molecule has 6 rings (SSSR count). The van der Waals surface area contributed by atoms with Crippen LogP contribution >= 0.6 is 23.2 Å². The number of carbonyl (C=O) groups is 1. The maximum absolute atomic E-state index is 12.9. The molecule has 1 aliphatic rings. The third-order valence-electron chi connectivity index (χ3n) is 8.19. The van der Waals surface area contributed by atoms with E-state index >= 15 is 0 Å². The Morgan fingerprint density at radius 1 is 0.958 bits per heavy atom. The molecule has 1 saturated heterocycles. The Balaban J connectivity index is 1.25. The molecule has 4 heterocycles. The van der Waals surface area contributed by atoms with Crippen LogP contribution in [0.2, 0.25) is 10.0 Å². The number of aromatic nitrogens is 3. The summed E-state index contributed by atoms with van der Waals surface area (Å²) in [7, 11) is 1.57. The van der Waals surface area contributed by atoms with Gasteiger partial charge in [0.2, 0.25) is 11.8 Å². The molecular weight excluding hydrogens is 661 g/mol. The van der Waals surface area contributed by atoms with E-state index < -0.39 is 13.0 Å². The highest BCUT2D eigenvalue weighted by Gasteiger charge is 2.21. The molecule has 1 fully saturated rings. The number of benzene rings is 2. The lowest BCUT2D eigenvalue weighted by atomic mass is 9.97. The van der Waals surface area contributed by atoms with E-state index in [0.29, 0.717) is 69.0 Å². The Bertz CT molecular complexity index is 2040. The molecule has 1 atom stereocenters. The quantitative estimate of drug-likeness (QED) is 0.144. The maximum Gasteiger partial charge on any atom is 0.262 e. The van der Waals surface area contributed by atoms with Crippen LogP contribution in [0.4, 0.5) is 8.78 Å². The number of methoxy groups -OCH3 is 1. The van der Waals surface area contributed by atoms with Gasteiger partial charge in [-0.05, 0) is 30.2 Å². The molecule has 3 N–H and O–H groups in total. The normalized spacial score (nSPS) is 14.5. The van der Waals surface area contributed by atoms with Gasteiger partial charge in [0, 0.05) is 77.9 Å². The molecule has 1 amide bonds. The van der Waals surface area contributed by atoms with E-state index in [2.05, 4.69) is 20.9 Å². The fraction of sp³-hybridized carbons (Fsp3) is 0.257. The minimum Gasteiger partial charge on any atom is -0.481 e. The highest BCUT2D eigenvalue weighted by atomic mass is 35.5. The second kappa shape index (κ2) is 14.8. The van der Waals surface area contributed by atoms with Crippen LogP contribution < -0.4 is 26.2 Å². The molecule has 248 valence electrons. The van der Waals surface area contributed by atoms with Gasteiger partial charge in [-0.25, -0.2) is 18.7 Å². The molecule has 3 aromatic heterocycles. The molecule has 9 nitrogen and oxygen atoms in total. The Labute approximate surface area is 285 Å². The number of hydrogen-bond acceptors (Lipinski definition) is 7. The summed E-state index contributed by atoms with van der Waals surface area (Å²) in [5, 5.41) is 9.81. The zero-order valence-electron chi connectivity index (χ0n) is 25.9. The van der Waals surface area contributed by atoms with Crippen molar-refractivity contribution >= 4 is 34.8 Å². The van der Waals surface area contributed by atoms with Gasteiger partial charge < -0.3 is 20.7 Å². The standard InChI is InChI=1S/C35H32Cl2F2N6O3/c1-48-34-21(15-40-18-23-9-11-31(46)43-23)8-10-28(44-34)27-7-3-6-26(33(27)37)25-5-2-4-24(32(25)36)20-12-13-45-30(14-20)42-17-22(35(45)47)16-41-19-29(38)39/h2-8,10,12-14,17,23,29,40-41H,9,11,15-16,18-19H2,1H3,(H,43,46)/t23-/m1/s1. The third kappa shape index (κ3) is 7.19. The lowest BCUT2D eigenvalue weighted by Crippen LogP contribution is -2.35. The van der Waals surface area contributed by atoms with Crippen LogP contribution in [0.5, 0.6) is 5.88 Å². The van der Waals surface area contributed by atoms with Crippen LogP contribution in [0.1, 0.15) is 24.0 Å². The van der Waals surface area contributed by atoms with E-state index in [4.69, 9.17) is 32.9 Å². The summed E-state index contributed by atoms with van der Waals surface area (Å²) in [6, 6.07) is 18.8. The third-order valence-corrected chi connectivity index (χ3v) is 9.01. The lowest BCUT2D eigenvalue weighted by molar-refractivity contribution is -0.119. The minimum atomic E-state index is -2.51. The van der Waals surface area contributed by atoms with Crippen molar-refractivity contribution in [1.29, 1.82) is 0 Å². The summed E-state index contributed by atoms with van der Waals surface area (Å²) in [5.41, 5.74) is 5.40. The van der Waals surface area contributed by atoms with Crippen molar-refractivity contribution in [2.45, 2.75) is 38.4 Å². The molecule has 0 bridgehead atoms. The summed E-state index contributed by atoms with van der Waals surface area (Å²) >= 11 is 14.1. The molecule has 13 heteroatoms. The van der Waals surface area contributed by atoms with Gasteiger partial charge in [0.1, 0.15) is 5.65 Å². The molecular formula is C35H32Cl2F2N6O3. The topological polar surface area (TPSA) is 110 Å². The number of nitrogens with one attached hydrogen (secondary N) is 3. The number of alkyl halides is 2. The molecule has 2 aromatic carbocycles. The van der Waals surface area contributed by atoms with Gasteiger partial charge in [0.25, 0.3) is 12.0 Å². The van der Waals surface area contributed by atoms with Crippen molar-refractivity contribution in [2.75, 3.05) is 20.2 Å². The van der Waals surface area contributed by atoms with Crippen molar-refractivity contribution in [3.63, 3.8) is 0 Å². The average molecular weight is 694 g/mol. The van der Waals surface area contributed by atoms with Crippen LogP contribution in [0.3, 0.4) is 0 Å². The van der Waals surface area contributed by atoms with Crippen molar-refractivity contribution in [3.05, 3.63) is 105 Å². The van der Waals surface area contributed by atoms with Crippen molar-refractivity contribution in [1.82, 2.24) is 30.3 Å². The predicted octanol–water partition coefficient (Wildman–Crippen LogP) is 6.13. The van der Waals surface area contributed by atoms with Crippen molar-refractivity contribution in [2.24, 2.45) is 0 Å². The Hall–Kier alpha value is -4.42. The van der Waals surface area contributed by atoms with Crippen LogP contribution in [0.25, 0.3) is 39.2 Å². The second-order valence-electron chi connectivity index (χ2n) is 11.4. The fourth-order valence-electron chi connectivity index (χ4n) is 5.76. The molecule has 0 spiro atoms. The van der Waals surface area contributed by atoms with E-state index in [1.807, 2.05) is 48.5 Å². The van der Waals surface area contributed by atoms with Gasteiger partial charge in [0.05, 0.1) is 29.4 Å². The first kappa shape index (κ1) is 33.5. The number of nitrogens with zero attached hydrogens (tertiary/aromatic N) is 3. The number of rotatable bonds is 12. The maximum atomic E-state index is 12.9. The number of hydrogen-bond donors (Lipinski definition) is 3. The molecule has 0 saturated carbocycles. The van der Waals surface area contributed by atoms with E-state index in [1.54, 1.807) is 25.4 Å². The molecule has 0 aliphatic carbocycles. The van der Waals surface area contributed by atoms with Crippen LogP contribution in [0.15, 0.2) is 77.9 Å². The first-order valence-electron chi connectivity index (χ1n) is 15.3. The predicted molar refractivity (Wildman–Crippen MR) is 183 cm³/mol. The summed E-state index contributed by atoms with van der Waals surface area (Å²) in [6.07, 6.45) is 1.85. The van der Waals surface area contributed by atoms with Crippen molar-refractivity contribution < 1.29 is 18.3 Å². The largest absolute Gasteiger partial charge is 0.481 e. The molecule has 0 radical (unpaired) electrons. The Morgan fingerprint density at radius 3 is 2.38 bits per heavy atom. The van der Waals surface area contributed by atoms with E-state index in [1.165, 1.54) is 10.6 Å². The minimum absolute atomic E-state index is 0.0133. The number of halogens is 4. The van der Waals surface area contributed by atoms with Gasteiger partial charge in [-0.1, -0.05) is 65.7 Å². The zero-order valence-corrected chi connectivity index (χ0v) is 27.4. The summed E-state index contributed by atoms with van der Waals surface area (Å²) < 4.78 is 32.0. The molecule has 0 unspecified atom stereocenters. The monoisotopic (exact) mass is 692 g/mol. The smallest absolute Gasteiger partial charge is 0.262 e. The number of pyridine rings is 2. The number of fused-ring (bicyclic) bond motifs is 1. The number of carbonyl (C=O) groups excluding carboxylic acids is 1. The highest BCUT2D eigenvalue weighted by molar-refractivity contribution is 6.39. The van der Waals surface area contributed by atoms with Crippen LogP contribution in [0, 0.1) is 0 Å².